The molecule has 21 heavy (non-hydrogen) atoms. The van der Waals surface area contributed by atoms with Gasteiger partial charge in [-0.1, -0.05) is 25.1 Å². The number of hydrogen-bond donors (Lipinski definition) is 1. The Hall–Kier alpha value is -1.10. The molecule has 0 spiro atoms. The Balaban J connectivity index is 2.30. The second kappa shape index (κ2) is 11.5. The van der Waals surface area contributed by atoms with Crippen LogP contribution in [0.5, 0.6) is 5.75 Å². The molecule has 0 radical (unpaired) electrons. The van der Waals surface area contributed by atoms with Gasteiger partial charge in [-0.3, -0.25) is 0 Å². The van der Waals surface area contributed by atoms with E-state index in [1.807, 2.05) is 12.1 Å². The highest BCUT2D eigenvalue weighted by molar-refractivity contribution is 5.33. The van der Waals surface area contributed by atoms with Crippen LogP contribution in [0.15, 0.2) is 24.3 Å². The maximum Gasteiger partial charge on any atom is 0.123 e. The van der Waals surface area contributed by atoms with Gasteiger partial charge in [-0.25, -0.2) is 0 Å². The van der Waals surface area contributed by atoms with Gasteiger partial charge in [-0.2, -0.15) is 0 Å². The second-order valence-electron chi connectivity index (χ2n) is 5.28. The Bertz CT molecular complexity index is 372. The van der Waals surface area contributed by atoms with Crippen molar-refractivity contribution in [2.75, 3.05) is 47.0 Å². The molecule has 4 heteroatoms. The molecular weight excluding hydrogens is 264 g/mol. The molecule has 0 amide bonds. The van der Waals surface area contributed by atoms with Crippen LogP contribution in [-0.4, -0.2) is 51.9 Å². The zero-order valence-electron chi connectivity index (χ0n) is 13.7. The molecule has 1 rings (SSSR count). The van der Waals surface area contributed by atoms with E-state index in [0.717, 1.165) is 51.4 Å². The van der Waals surface area contributed by atoms with Gasteiger partial charge in [0, 0.05) is 38.9 Å². The molecule has 0 fully saturated rings. The normalized spacial score (nSPS) is 11.0. The second-order valence-corrected chi connectivity index (χ2v) is 5.28. The summed E-state index contributed by atoms with van der Waals surface area (Å²) in [5, 5.41) is 3.42. The van der Waals surface area contributed by atoms with Gasteiger partial charge < -0.3 is 19.7 Å². The van der Waals surface area contributed by atoms with Gasteiger partial charge in [-0.05, 0) is 32.5 Å². The molecular formula is C17H30N2O2. The zero-order valence-corrected chi connectivity index (χ0v) is 13.7. The standard InChI is InChI=1S/C17H30N2O2/c1-4-10-18-15-16-8-5-6-9-17(16)21-14-12-19(2)11-7-13-20-3/h5-6,8-9,18H,4,7,10-15H2,1-3H3. The van der Waals surface area contributed by atoms with Crippen molar-refractivity contribution in [3.63, 3.8) is 0 Å². The van der Waals surface area contributed by atoms with E-state index in [1.165, 1.54) is 5.56 Å². The lowest BCUT2D eigenvalue weighted by molar-refractivity contribution is 0.171. The van der Waals surface area contributed by atoms with Crippen LogP contribution in [0.1, 0.15) is 25.3 Å². The van der Waals surface area contributed by atoms with Gasteiger partial charge >= 0.3 is 0 Å². The van der Waals surface area contributed by atoms with Gasteiger partial charge in [0.15, 0.2) is 0 Å². The van der Waals surface area contributed by atoms with Crippen molar-refractivity contribution in [3.8, 4) is 5.75 Å². The first-order valence-corrected chi connectivity index (χ1v) is 7.86. The first-order chi connectivity index (χ1) is 10.3. The number of rotatable bonds is 12. The van der Waals surface area contributed by atoms with Crippen molar-refractivity contribution in [1.82, 2.24) is 10.2 Å². The third kappa shape index (κ3) is 8.05. The molecule has 0 bridgehead atoms. The minimum atomic E-state index is 0.717. The minimum Gasteiger partial charge on any atom is -0.492 e. The lowest BCUT2D eigenvalue weighted by Gasteiger charge is -2.18. The number of hydrogen-bond acceptors (Lipinski definition) is 4. The molecule has 1 aromatic carbocycles. The van der Waals surface area contributed by atoms with Crippen molar-refractivity contribution < 1.29 is 9.47 Å². The number of nitrogens with zero attached hydrogens (tertiary/aromatic N) is 1. The smallest absolute Gasteiger partial charge is 0.123 e. The lowest BCUT2D eigenvalue weighted by Crippen LogP contribution is -2.26. The summed E-state index contributed by atoms with van der Waals surface area (Å²) < 4.78 is 11.0. The van der Waals surface area contributed by atoms with Crippen LogP contribution in [0.4, 0.5) is 0 Å². The monoisotopic (exact) mass is 294 g/mol. The van der Waals surface area contributed by atoms with Gasteiger partial charge in [-0.15, -0.1) is 0 Å². The fourth-order valence-corrected chi connectivity index (χ4v) is 2.09. The Labute approximate surface area is 129 Å². The van der Waals surface area contributed by atoms with Gasteiger partial charge in [0.25, 0.3) is 0 Å². The number of ether oxygens (including phenoxy) is 2. The average molecular weight is 294 g/mol. The molecule has 1 N–H and O–H groups in total. The first kappa shape index (κ1) is 18.0. The maximum atomic E-state index is 5.93. The van der Waals surface area contributed by atoms with Crippen molar-refractivity contribution >= 4 is 0 Å². The predicted molar refractivity (Wildman–Crippen MR) is 87.9 cm³/mol. The topological polar surface area (TPSA) is 33.7 Å². The number of methoxy groups -OCH3 is 1. The van der Waals surface area contributed by atoms with Gasteiger partial charge in [0.05, 0.1) is 0 Å². The molecule has 0 aliphatic rings. The van der Waals surface area contributed by atoms with Gasteiger partial charge in [0.1, 0.15) is 12.4 Å². The highest BCUT2D eigenvalue weighted by atomic mass is 16.5. The quantitative estimate of drug-likeness (QED) is 0.601. The predicted octanol–water partition coefficient (Wildman–Crippen LogP) is 2.53. The molecule has 4 nitrogen and oxygen atoms in total. The van der Waals surface area contributed by atoms with E-state index in [2.05, 4.69) is 36.3 Å². The molecule has 0 heterocycles. The maximum absolute atomic E-state index is 5.93. The Morgan fingerprint density at radius 1 is 1.14 bits per heavy atom. The average Bonchev–Trinajstić information content (AvgIpc) is 2.49. The highest BCUT2D eigenvalue weighted by Gasteiger charge is 2.03. The summed E-state index contributed by atoms with van der Waals surface area (Å²) in [6, 6.07) is 8.27. The van der Waals surface area contributed by atoms with E-state index in [9.17, 15) is 0 Å². The molecule has 120 valence electrons. The van der Waals surface area contributed by atoms with Crippen LogP contribution >= 0.6 is 0 Å². The van der Waals surface area contributed by atoms with E-state index in [1.54, 1.807) is 7.11 Å². The molecule has 0 aromatic heterocycles. The summed E-state index contributed by atoms with van der Waals surface area (Å²) >= 11 is 0. The Morgan fingerprint density at radius 2 is 1.95 bits per heavy atom. The Kier molecular flexibility index (Phi) is 9.87. The lowest BCUT2D eigenvalue weighted by atomic mass is 10.2. The number of benzene rings is 1. The van der Waals surface area contributed by atoms with Crippen LogP contribution in [0.3, 0.4) is 0 Å². The van der Waals surface area contributed by atoms with E-state index in [0.29, 0.717) is 6.61 Å². The van der Waals surface area contributed by atoms with Gasteiger partial charge in [0.2, 0.25) is 0 Å². The van der Waals surface area contributed by atoms with E-state index >= 15 is 0 Å². The number of likely N-dealkylation sites (N-methyl/N-ethyl adjacent to an activating group) is 1. The van der Waals surface area contributed by atoms with Crippen LogP contribution in [0.2, 0.25) is 0 Å². The third-order valence-electron chi connectivity index (χ3n) is 3.33. The van der Waals surface area contributed by atoms with Crippen LogP contribution in [0, 0.1) is 0 Å². The summed E-state index contributed by atoms with van der Waals surface area (Å²) in [6.45, 7) is 7.59. The molecule has 0 unspecified atom stereocenters. The third-order valence-corrected chi connectivity index (χ3v) is 3.33. The zero-order chi connectivity index (χ0) is 15.3. The molecule has 0 saturated carbocycles. The molecule has 1 aromatic rings. The van der Waals surface area contributed by atoms with Crippen LogP contribution in [-0.2, 0) is 11.3 Å². The van der Waals surface area contributed by atoms with Crippen LogP contribution < -0.4 is 10.1 Å². The van der Waals surface area contributed by atoms with Crippen molar-refractivity contribution in [2.24, 2.45) is 0 Å². The fourth-order valence-electron chi connectivity index (χ4n) is 2.09. The minimum absolute atomic E-state index is 0.717. The molecule has 0 aliphatic carbocycles. The van der Waals surface area contributed by atoms with Crippen molar-refractivity contribution in [3.05, 3.63) is 29.8 Å². The molecule has 0 saturated heterocycles. The number of para-hydroxylation sites is 1. The van der Waals surface area contributed by atoms with E-state index in [-0.39, 0.29) is 0 Å². The summed E-state index contributed by atoms with van der Waals surface area (Å²) in [5.41, 5.74) is 1.23. The summed E-state index contributed by atoms with van der Waals surface area (Å²) in [7, 11) is 3.86. The van der Waals surface area contributed by atoms with Crippen LogP contribution in [0.25, 0.3) is 0 Å². The number of nitrogens with one attached hydrogen (secondary N) is 1. The van der Waals surface area contributed by atoms with E-state index in [4.69, 9.17) is 9.47 Å². The summed E-state index contributed by atoms with van der Waals surface area (Å²) in [5.74, 6) is 0.992. The summed E-state index contributed by atoms with van der Waals surface area (Å²) in [4.78, 5) is 2.27. The first-order valence-electron chi connectivity index (χ1n) is 7.86. The highest BCUT2D eigenvalue weighted by Crippen LogP contribution is 2.17. The summed E-state index contributed by atoms with van der Waals surface area (Å²) in [6.07, 6.45) is 2.21. The fraction of sp³-hybridized carbons (Fsp3) is 0.647. The van der Waals surface area contributed by atoms with Crippen molar-refractivity contribution in [2.45, 2.75) is 26.3 Å². The molecule has 0 atom stereocenters. The van der Waals surface area contributed by atoms with Crippen molar-refractivity contribution in [1.29, 1.82) is 0 Å². The SMILES string of the molecule is CCCNCc1ccccc1OCCN(C)CCCOC. The largest absolute Gasteiger partial charge is 0.492 e. The Morgan fingerprint density at radius 3 is 2.71 bits per heavy atom. The van der Waals surface area contributed by atoms with E-state index < -0.39 is 0 Å². The molecule has 0 aliphatic heterocycles.